The van der Waals surface area contributed by atoms with Crippen molar-refractivity contribution in [1.82, 2.24) is 15.5 Å². The summed E-state index contributed by atoms with van der Waals surface area (Å²) in [5.41, 5.74) is 3.52. The zero-order valence-corrected chi connectivity index (χ0v) is 16.0. The lowest BCUT2D eigenvalue weighted by atomic mass is 10.1. The van der Waals surface area contributed by atoms with Crippen LogP contribution in [0.5, 0.6) is 0 Å². The van der Waals surface area contributed by atoms with E-state index in [0.29, 0.717) is 0 Å². The first-order valence-corrected chi connectivity index (χ1v) is 8.81. The minimum Gasteiger partial charge on any atom is -0.369 e. The molecule has 0 atom stereocenters. The first-order valence-electron chi connectivity index (χ1n) is 8.81. The summed E-state index contributed by atoms with van der Waals surface area (Å²) in [5, 5.41) is 5.13. The van der Waals surface area contributed by atoms with Crippen LogP contribution in [0.15, 0.2) is 18.2 Å². The average molecular weight is 346 g/mol. The van der Waals surface area contributed by atoms with E-state index in [1.807, 2.05) is 20.8 Å². The van der Waals surface area contributed by atoms with Crippen molar-refractivity contribution in [2.75, 3.05) is 37.6 Å². The summed E-state index contributed by atoms with van der Waals surface area (Å²) in [6, 6.07) is 5.93. The number of piperazine rings is 1. The van der Waals surface area contributed by atoms with Gasteiger partial charge in [0.15, 0.2) is 0 Å². The number of carbonyl (C=O) groups is 2. The van der Waals surface area contributed by atoms with Gasteiger partial charge >= 0.3 is 6.03 Å². The lowest BCUT2D eigenvalue weighted by Gasteiger charge is -2.36. The maximum absolute atomic E-state index is 12.0. The fraction of sp³-hybridized carbons (Fsp3) is 0.579. The highest BCUT2D eigenvalue weighted by Gasteiger charge is 2.22. The Labute approximate surface area is 150 Å². The monoisotopic (exact) mass is 346 g/mol. The van der Waals surface area contributed by atoms with E-state index in [2.05, 4.69) is 52.5 Å². The third kappa shape index (κ3) is 5.74. The zero-order chi connectivity index (χ0) is 18.6. The minimum atomic E-state index is -0.438. The molecule has 1 aliphatic rings. The molecule has 25 heavy (non-hydrogen) atoms. The third-order valence-corrected chi connectivity index (χ3v) is 4.40. The lowest BCUT2D eigenvalue weighted by Crippen LogP contribution is -2.53. The molecular weight excluding hydrogens is 316 g/mol. The van der Waals surface area contributed by atoms with Crippen molar-refractivity contribution in [2.45, 2.75) is 40.2 Å². The normalized spacial score (nSPS) is 15.8. The quantitative estimate of drug-likeness (QED) is 0.879. The molecule has 0 unspecified atom stereocenters. The molecule has 1 saturated heterocycles. The van der Waals surface area contributed by atoms with Crippen molar-refractivity contribution in [3.63, 3.8) is 0 Å². The third-order valence-electron chi connectivity index (χ3n) is 4.40. The standard InChI is InChI=1S/C19H30N4O2/c1-14-7-6-8-16(15(14)2)23-11-9-22(10-12-23)13-17(24)20-18(25)21-19(3,4)5/h6-8H,9-13H2,1-5H3,(H2,20,21,24,25). The Hall–Kier alpha value is -2.08. The van der Waals surface area contributed by atoms with Crippen LogP contribution in [0.4, 0.5) is 10.5 Å². The second-order valence-electron chi connectivity index (χ2n) is 7.73. The molecule has 1 fully saturated rings. The summed E-state index contributed by atoms with van der Waals surface area (Å²) < 4.78 is 0. The highest BCUT2D eigenvalue weighted by Crippen LogP contribution is 2.23. The topological polar surface area (TPSA) is 64.7 Å². The molecule has 1 aromatic carbocycles. The fourth-order valence-corrected chi connectivity index (χ4v) is 2.97. The zero-order valence-electron chi connectivity index (χ0n) is 16.0. The number of aryl methyl sites for hydroxylation is 1. The Bertz CT molecular complexity index is 629. The van der Waals surface area contributed by atoms with Crippen molar-refractivity contribution >= 4 is 17.6 Å². The largest absolute Gasteiger partial charge is 0.369 e. The number of nitrogens with zero attached hydrogens (tertiary/aromatic N) is 2. The number of anilines is 1. The number of hydrogen-bond donors (Lipinski definition) is 2. The number of rotatable bonds is 3. The van der Waals surface area contributed by atoms with Gasteiger partial charge in [-0.25, -0.2) is 4.79 Å². The number of benzene rings is 1. The van der Waals surface area contributed by atoms with Gasteiger partial charge in [-0.1, -0.05) is 12.1 Å². The number of nitrogens with one attached hydrogen (secondary N) is 2. The van der Waals surface area contributed by atoms with E-state index < -0.39 is 6.03 Å². The molecule has 1 aliphatic heterocycles. The number of hydrogen-bond acceptors (Lipinski definition) is 4. The van der Waals surface area contributed by atoms with Gasteiger partial charge in [-0.05, 0) is 51.8 Å². The van der Waals surface area contributed by atoms with Crippen molar-refractivity contribution in [3.8, 4) is 0 Å². The average Bonchev–Trinajstić information content (AvgIpc) is 2.49. The molecule has 1 heterocycles. The fourth-order valence-electron chi connectivity index (χ4n) is 2.97. The molecule has 0 saturated carbocycles. The van der Waals surface area contributed by atoms with Gasteiger partial charge in [-0.2, -0.15) is 0 Å². The first-order chi connectivity index (χ1) is 11.7. The van der Waals surface area contributed by atoms with E-state index in [9.17, 15) is 9.59 Å². The Balaban J connectivity index is 1.81. The van der Waals surface area contributed by atoms with Gasteiger partial charge in [-0.3, -0.25) is 15.0 Å². The van der Waals surface area contributed by atoms with Gasteiger partial charge in [-0.15, -0.1) is 0 Å². The number of carbonyl (C=O) groups excluding carboxylic acids is 2. The highest BCUT2D eigenvalue weighted by molar-refractivity contribution is 5.95. The minimum absolute atomic E-state index is 0.248. The van der Waals surface area contributed by atoms with Gasteiger partial charge in [0.2, 0.25) is 5.91 Å². The van der Waals surface area contributed by atoms with Crippen LogP contribution in [-0.2, 0) is 4.79 Å². The summed E-state index contributed by atoms with van der Waals surface area (Å²) in [7, 11) is 0. The molecule has 6 heteroatoms. The SMILES string of the molecule is Cc1cccc(N2CCN(CC(=O)NC(=O)NC(C)(C)C)CC2)c1C. The molecule has 0 aromatic heterocycles. The Morgan fingerprint density at radius 1 is 1.08 bits per heavy atom. The molecule has 0 aliphatic carbocycles. The molecule has 0 radical (unpaired) electrons. The summed E-state index contributed by atoms with van der Waals surface area (Å²) in [6.07, 6.45) is 0. The second kappa shape index (κ2) is 7.87. The van der Waals surface area contributed by atoms with Gasteiger partial charge in [0.1, 0.15) is 0 Å². The van der Waals surface area contributed by atoms with Crippen LogP contribution in [0.2, 0.25) is 0 Å². The van der Waals surface area contributed by atoms with Crippen LogP contribution in [0, 0.1) is 13.8 Å². The molecule has 1 aromatic rings. The van der Waals surface area contributed by atoms with Crippen LogP contribution in [0.25, 0.3) is 0 Å². The molecule has 2 rings (SSSR count). The summed E-state index contributed by atoms with van der Waals surface area (Å²) in [5.74, 6) is -0.262. The highest BCUT2D eigenvalue weighted by atomic mass is 16.2. The molecule has 0 spiro atoms. The van der Waals surface area contributed by atoms with Crippen LogP contribution in [0.3, 0.4) is 0 Å². The molecule has 2 N–H and O–H groups in total. The molecule has 3 amide bonds. The van der Waals surface area contributed by atoms with E-state index in [1.54, 1.807) is 0 Å². The van der Waals surface area contributed by atoms with Gasteiger partial charge in [0, 0.05) is 37.4 Å². The summed E-state index contributed by atoms with van der Waals surface area (Å²) >= 11 is 0. The molecule has 138 valence electrons. The Morgan fingerprint density at radius 3 is 2.32 bits per heavy atom. The van der Waals surface area contributed by atoms with Crippen molar-refractivity contribution in [3.05, 3.63) is 29.3 Å². The first kappa shape index (κ1) is 19.2. The van der Waals surface area contributed by atoms with E-state index >= 15 is 0 Å². The van der Waals surface area contributed by atoms with Gasteiger partial charge in [0.25, 0.3) is 0 Å². The number of amides is 3. The predicted octanol–water partition coefficient (Wildman–Crippen LogP) is 2.05. The molecule has 6 nitrogen and oxygen atoms in total. The van der Waals surface area contributed by atoms with Crippen molar-refractivity contribution in [1.29, 1.82) is 0 Å². The van der Waals surface area contributed by atoms with Gasteiger partial charge in [0.05, 0.1) is 6.54 Å². The number of imide groups is 1. The maximum Gasteiger partial charge on any atom is 0.321 e. The Kier molecular flexibility index (Phi) is 6.06. The molecule has 0 bridgehead atoms. The van der Waals surface area contributed by atoms with E-state index in [0.717, 1.165) is 26.2 Å². The van der Waals surface area contributed by atoms with Gasteiger partial charge < -0.3 is 10.2 Å². The molecular formula is C19H30N4O2. The summed E-state index contributed by atoms with van der Waals surface area (Å²) in [6.45, 7) is 13.5. The van der Waals surface area contributed by atoms with Crippen molar-refractivity contribution < 1.29 is 9.59 Å². The predicted molar refractivity (Wildman–Crippen MR) is 101 cm³/mol. The van der Waals surface area contributed by atoms with Crippen LogP contribution in [-0.4, -0.2) is 55.1 Å². The maximum atomic E-state index is 12.0. The lowest BCUT2D eigenvalue weighted by molar-refractivity contribution is -0.121. The van der Waals surface area contributed by atoms with Crippen molar-refractivity contribution in [2.24, 2.45) is 0 Å². The van der Waals surface area contributed by atoms with E-state index in [1.165, 1.54) is 16.8 Å². The van der Waals surface area contributed by atoms with E-state index in [-0.39, 0.29) is 18.0 Å². The van der Waals surface area contributed by atoms with Crippen LogP contribution >= 0.6 is 0 Å². The van der Waals surface area contributed by atoms with E-state index in [4.69, 9.17) is 0 Å². The summed E-state index contributed by atoms with van der Waals surface area (Å²) in [4.78, 5) is 28.2. The second-order valence-corrected chi connectivity index (χ2v) is 7.73. The Morgan fingerprint density at radius 2 is 1.72 bits per heavy atom. The van der Waals surface area contributed by atoms with Crippen LogP contribution < -0.4 is 15.5 Å². The smallest absolute Gasteiger partial charge is 0.321 e. The number of urea groups is 1. The van der Waals surface area contributed by atoms with Crippen LogP contribution in [0.1, 0.15) is 31.9 Å².